The zero-order valence-corrected chi connectivity index (χ0v) is 28.8. The van der Waals surface area contributed by atoms with E-state index in [0.29, 0.717) is 72.8 Å². The van der Waals surface area contributed by atoms with E-state index in [4.69, 9.17) is 14.5 Å². The van der Waals surface area contributed by atoms with Crippen LogP contribution in [0.2, 0.25) is 0 Å². The molecule has 256 valence electrons. The highest BCUT2D eigenvalue weighted by molar-refractivity contribution is 5.49. The van der Waals surface area contributed by atoms with Gasteiger partial charge in [-0.3, -0.25) is 14.8 Å². The van der Waals surface area contributed by atoms with Gasteiger partial charge in [0.15, 0.2) is 0 Å². The van der Waals surface area contributed by atoms with Crippen molar-refractivity contribution in [3.05, 3.63) is 24.5 Å². The van der Waals surface area contributed by atoms with E-state index < -0.39 is 0 Å². The summed E-state index contributed by atoms with van der Waals surface area (Å²) in [6, 6.07) is 9.82. The van der Waals surface area contributed by atoms with Gasteiger partial charge in [0.25, 0.3) is 0 Å². The Morgan fingerprint density at radius 1 is 0.489 bits per heavy atom. The van der Waals surface area contributed by atoms with E-state index in [9.17, 15) is 0 Å². The molecule has 6 heteroatoms. The van der Waals surface area contributed by atoms with Gasteiger partial charge in [0.2, 0.25) is 0 Å². The van der Waals surface area contributed by atoms with Crippen molar-refractivity contribution in [1.29, 1.82) is 0 Å². The maximum absolute atomic E-state index is 7.32. The zero-order valence-electron chi connectivity index (χ0n) is 28.8. The van der Waals surface area contributed by atoms with E-state index in [1.165, 1.54) is 134 Å². The van der Waals surface area contributed by atoms with Gasteiger partial charge in [-0.25, -0.2) is 0 Å². The minimum absolute atomic E-state index is 0.450. The van der Waals surface area contributed by atoms with Crippen LogP contribution in [-0.4, -0.2) is 87.5 Å². The second-order valence-corrected chi connectivity index (χ2v) is 18.2. The fraction of sp³-hybridized carbons (Fsp3) is 0.878. The molecule has 16 atom stereocenters. The van der Waals surface area contributed by atoms with Gasteiger partial charge < -0.3 is 14.4 Å². The predicted molar refractivity (Wildman–Crippen MR) is 184 cm³/mol. The lowest BCUT2D eigenvalue weighted by atomic mass is 9.60. The quantitative estimate of drug-likeness (QED) is 0.320. The van der Waals surface area contributed by atoms with Crippen LogP contribution in [0.4, 0.5) is 5.69 Å². The van der Waals surface area contributed by atoms with Gasteiger partial charge in [0, 0.05) is 54.5 Å². The molecule has 16 unspecified atom stereocenters. The Kier molecular flexibility index (Phi) is 7.33. The van der Waals surface area contributed by atoms with E-state index in [-0.39, 0.29) is 0 Å². The van der Waals surface area contributed by atoms with Crippen molar-refractivity contribution in [2.75, 3.05) is 4.90 Å². The van der Waals surface area contributed by atoms with Gasteiger partial charge in [-0.15, -0.1) is 0 Å². The van der Waals surface area contributed by atoms with Crippen LogP contribution in [-0.2, 0) is 9.47 Å². The van der Waals surface area contributed by atoms with Crippen molar-refractivity contribution in [3.8, 4) is 0 Å². The van der Waals surface area contributed by atoms with E-state index in [1.54, 1.807) is 0 Å². The molecular formula is C41H60N4O2. The van der Waals surface area contributed by atoms with Crippen LogP contribution in [0.5, 0.6) is 0 Å². The van der Waals surface area contributed by atoms with Crippen molar-refractivity contribution >= 4 is 5.69 Å². The fourth-order valence-electron chi connectivity index (χ4n) is 15.1. The number of morpholine rings is 2. The first kappa shape index (κ1) is 29.5. The molecule has 0 spiro atoms. The highest BCUT2D eigenvalue weighted by atomic mass is 16.5. The third kappa shape index (κ3) is 4.45. The monoisotopic (exact) mass is 640 g/mol. The van der Waals surface area contributed by atoms with Gasteiger partial charge in [-0.05, 0) is 113 Å². The Morgan fingerprint density at radius 3 is 1.68 bits per heavy atom. The third-order valence-corrected chi connectivity index (χ3v) is 16.4. The molecule has 1 aromatic heterocycles. The molecular weight excluding hydrogens is 580 g/mol. The summed E-state index contributed by atoms with van der Waals surface area (Å²) in [6.45, 7) is 0. The summed E-state index contributed by atoms with van der Waals surface area (Å²) in [5.74, 6) is 3.22. The lowest BCUT2D eigenvalue weighted by Crippen LogP contribution is -2.79. The molecule has 4 aliphatic heterocycles. The minimum Gasteiger partial charge on any atom is -0.372 e. The van der Waals surface area contributed by atoms with Gasteiger partial charge >= 0.3 is 0 Å². The maximum Gasteiger partial charge on any atom is 0.0737 e. The Hall–Kier alpha value is -1.21. The summed E-state index contributed by atoms with van der Waals surface area (Å²) in [6.07, 6.45) is 33.5. The number of hydrogen-bond acceptors (Lipinski definition) is 6. The first-order chi connectivity index (χ1) is 23.3. The zero-order chi connectivity index (χ0) is 30.6. The average Bonchev–Trinajstić information content (AvgIpc) is 3.45. The van der Waals surface area contributed by atoms with E-state index in [2.05, 4.69) is 33.0 Å². The lowest BCUT2D eigenvalue weighted by molar-refractivity contribution is -0.265. The number of ether oxygens (including phenoxy) is 2. The van der Waals surface area contributed by atoms with Gasteiger partial charge in [0.1, 0.15) is 0 Å². The average molecular weight is 641 g/mol. The molecule has 6 aliphatic carbocycles. The van der Waals surface area contributed by atoms with Crippen LogP contribution in [0.1, 0.15) is 128 Å². The summed E-state index contributed by atoms with van der Waals surface area (Å²) < 4.78 is 14.6. The molecule has 0 N–H and O–H groups in total. The predicted octanol–water partition coefficient (Wildman–Crippen LogP) is 7.35. The van der Waals surface area contributed by atoms with Crippen LogP contribution < -0.4 is 4.90 Å². The maximum atomic E-state index is 7.32. The minimum atomic E-state index is 0.450. The molecule has 0 amide bonds. The molecule has 6 nitrogen and oxygen atoms in total. The second kappa shape index (κ2) is 11.7. The standard InChI is InChI=1S/C41H60N4O2/c1-2-14-30-26(11-1)29-22-34-35(23-33(29)43(30)25-10-9-21-42-24-25)45-32-16-4-6-18-37(32)47-39-20-8-13-28(41(39)45)27-12-7-19-38-40(27)44(34)31-15-3-5-17-36(31)46-38/h9-10,21,24,26-41H,1-8,11-20,22-23H2. The summed E-state index contributed by atoms with van der Waals surface area (Å²) in [5.41, 5.74) is 1.42. The first-order valence-corrected chi connectivity index (χ1v) is 20.9. The molecule has 0 bridgehead atoms. The summed E-state index contributed by atoms with van der Waals surface area (Å²) >= 11 is 0. The lowest BCUT2D eigenvalue weighted by Gasteiger charge is -2.68. The third-order valence-electron chi connectivity index (χ3n) is 16.4. The Labute approximate surface area is 283 Å². The Morgan fingerprint density at radius 2 is 1.04 bits per heavy atom. The number of anilines is 1. The number of pyridine rings is 1. The van der Waals surface area contributed by atoms with Crippen LogP contribution in [0.15, 0.2) is 24.5 Å². The van der Waals surface area contributed by atoms with Crippen molar-refractivity contribution in [3.63, 3.8) is 0 Å². The van der Waals surface area contributed by atoms with E-state index in [0.717, 1.165) is 23.7 Å². The molecule has 4 saturated heterocycles. The number of aromatic nitrogens is 1. The van der Waals surface area contributed by atoms with E-state index in [1.807, 2.05) is 6.20 Å². The molecule has 10 fully saturated rings. The van der Waals surface area contributed by atoms with E-state index >= 15 is 0 Å². The van der Waals surface area contributed by atoms with Crippen LogP contribution in [0, 0.1) is 23.7 Å². The molecule has 10 aliphatic rings. The first-order valence-electron chi connectivity index (χ1n) is 20.9. The molecule has 47 heavy (non-hydrogen) atoms. The molecule has 6 saturated carbocycles. The van der Waals surface area contributed by atoms with Crippen LogP contribution >= 0.6 is 0 Å². The SMILES string of the molecule is c1cncc(N2C3CCCCC3C3CC4C(CC32)N2C3CCCCC3OC3CCCC(C5CCCC6OC7CCCCC7N4C65)C32)c1. The second-order valence-electron chi connectivity index (χ2n) is 18.2. The molecule has 0 aromatic carbocycles. The topological polar surface area (TPSA) is 41.1 Å². The molecule has 5 heterocycles. The normalized spacial score (nSPS) is 52.3. The van der Waals surface area contributed by atoms with Gasteiger partial charge in [-0.1, -0.05) is 51.4 Å². The van der Waals surface area contributed by atoms with Gasteiger partial charge in [-0.2, -0.15) is 0 Å². The summed E-state index contributed by atoms with van der Waals surface area (Å²) in [5, 5.41) is 0. The highest BCUT2D eigenvalue weighted by Crippen LogP contribution is 2.58. The van der Waals surface area contributed by atoms with Crippen LogP contribution in [0.3, 0.4) is 0 Å². The highest BCUT2D eigenvalue weighted by Gasteiger charge is 2.64. The Bertz CT molecular complexity index is 1300. The van der Waals surface area contributed by atoms with Crippen molar-refractivity contribution < 1.29 is 9.47 Å². The molecule has 1 aromatic rings. The number of nitrogens with zero attached hydrogens (tertiary/aromatic N) is 4. The fourth-order valence-corrected chi connectivity index (χ4v) is 15.1. The number of fused-ring (bicyclic) bond motifs is 11. The van der Waals surface area contributed by atoms with Crippen molar-refractivity contribution in [2.24, 2.45) is 23.7 Å². The van der Waals surface area contributed by atoms with Crippen LogP contribution in [0.25, 0.3) is 0 Å². The smallest absolute Gasteiger partial charge is 0.0737 e. The number of hydrogen-bond donors (Lipinski definition) is 0. The number of rotatable bonds is 1. The summed E-state index contributed by atoms with van der Waals surface area (Å²) in [4.78, 5) is 14.4. The molecule has 11 rings (SSSR count). The van der Waals surface area contributed by atoms with Gasteiger partial charge in [0.05, 0.1) is 36.3 Å². The van der Waals surface area contributed by atoms with Crippen molar-refractivity contribution in [2.45, 2.75) is 201 Å². The molecule has 0 radical (unpaired) electrons. The summed E-state index contributed by atoms with van der Waals surface area (Å²) in [7, 11) is 0. The Balaban J connectivity index is 1.08. The van der Waals surface area contributed by atoms with Crippen molar-refractivity contribution in [1.82, 2.24) is 14.8 Å². The largest absolute Gasteiger partial charge is 0.372 e.